The zero-order valence-corrected chi connectivity index (χ0v) is 12.8. The third-order valence-corrected chi connectivity index (χ3v) is 4.73. The van der Waals surface area contributed by atoms with Gasteiger partial charge in [0, 0.05) is 19.1 Å². The van der Waals surface area contributed by atoms with Crippen LogP contribution >= 0.6 is 0 Å². The number of rotatable bonds is 6. The van der Waals surface area contributed by atoms with E-state index in [2.05, 4.69) is 4.90 Å². The van der Waals surface area contributed by atoms with Crippen LogP contribution < -0.4 is 5.73 Å². The van der Waals surface area contributed by atoms with E-state index in [1.165, 1.54) is 17.7 Å². The molecule has 5 heteroatoms. The summed E-state index contributed by atoms with van der Waals surface area (Å²) >= 11 is 0. The maximum Gasteiger partial charge on any atom is 0.261 e. The quantitative estimate of drug-likeness (QED) is 0.638. The first-order valence-corrected chi connectivity index (χ1v) is 8.11. The molecule has 0 spiro atoms. The van der Waals surface area contributed by atoms with Gasteiger partial charge in [0.15, 0.2) is 0 Å². The standard InChI is InChI=1S/C17H23N3O2/c18-12-13-6-5-10-19(13)9-3-4-11-20-16(21)14-7-1-2-8-15(14)17(20)22/h1-2,7-8,13H,3-6,9-12,18H2. The van der Waals surface area contributed by atoms with Crippen molar-refractivity contribution in [2.75, 3.05) is 26.2 Å². The van der Waals surface area contributed by atoms with E-state index in [-0.39, 0.29) is 11.8 Å². The van der Waals surface area contributed by atoms with Crippen molar-refractivity contribution in [2.45, 2.75) is 31.7 Å². The van der Waals surface area contributed by atoms with Crippen LogP contribution in [0.15, 0.2) is 24.3 Å². The summed E-state index contributed by atoms with van der Waals surface area (Å²) in [5, 5.41) is 0. The van der Waals surface area contributed by atoms with Crippen LogP contribution in [0.2, 0.25) is 0 Å². The molecule has 0 bridgehead atoms. The molecule has 2 aliphatic rings. The number of nitrogens with zero attached hydrogens (tertiary/aromatic N) is 2. The van der Waals surface area contributed by atoms with E-state index in [4.69, 9.17) is 5.73 Å². The molecule has 5 nitrogen and oxygen atoms in total. The zero-order chi connectivity index (χ0) is 15.5. The second-order valence-electron chi connectivity index (χ2n) is 6.08. The molecule has 1 unspecified atom stereocenters. The molecule has 0 radical (unpaired) electrons. The van der Waals surface area contributed by atoms with Crippen molar-refractivity contribution >= 4 is 11.8 Å². The lowest BCUT2D eigenvalue weighted by molar-refractivity contribution is 0.0650. The lowest BCUT2D eigenvalue weighted by Gasteiger charge is -2.23. The molecule has 1 fully saturated rings. The normalized spacial score (nSPS) is 21.7. The second kappa shape index (κ2) is 6.58. The summed E-state index contributed by atoms with van der Waals surface area (Å²) in [6, 6.07) is 7.57. The fourth-order valence-electron chi connectivity index (χ4n) is 3.48. The largest absolute Gasteiger partial charge is 0.329 e. The van der Waals surface area contributed by atoms with Crippen molar-refractivity contribution in [3.8, 4) is 0 Å². The lowest BCUT2D eigenvalue weighted by Crippen LogP contribution is -2.36. The van der Waals surface area contributed by atoms with Crippen LogP contribution in [-0.2, 0) is 0 Å². The summed E-state index contributed by atoms with van der Waals surface area (Å²) < 4.78 is 0. The van der Waals surface area contributed by atoms with Gasteiger partial charge in [-0.25, -0.2) is 0 Å². The van der Waals surface area contributed by atoms with Gasteiger partial charge >= 0.3 is 0 Å². The van der Waals surface area contributed by atoms with Crippen molar-refractivity contribution in [3.63, 3.8) is 0 Å². The number of carbonyl (C=O) groups excluding carboxylic acids is 2. The van der Waals surface area contributed by atoms with Crippen molar-refractivity contribution in [2.24, 2.45) is 5.73 Å². The van der Waals surface area contributed by atoms with Gasteiger partial charge in [-0.15, -0.1) is 0 Å². The third-order valence-electron chi connectivity index (χ3n) is 4.73. The van der Waals surface area contributed by atoms with Crippen LogP contribution in [0, 0.1) is 0 Å². The van der Waals surface area contributed by atoms with Gasteiger partial charge in [-0.2, -0.15) is 0 Å². The van der Waals surface area contributed by atoms with E-state index in [1.807, 2.05) is 0 Å². The summed E-state index contributed by atoms with van der Waals surface area (Å²) in [6.45, 7) is 3.35. The van der Waals surface area contributed by atoms with Crippen LogP contribution in [0.4, 0.5) is 0 Å². The van der Waals surface area contributed by atoms with E-state index < -0.39 is 0 Å². The molecule has 118 valence electrons. The fourth-order valence-corrected chi connectivity index (χ4v) is 3.48. The molecule has 0 saturated carbocycles. The molecule has 1 aromatic rings. The highest BCUT2D eigenvalue weighted by atomic mass is 16.2. The third kappa shape index (κ3) is 2.78. The van der Waals surface area contributed by atoms with Crippen LogP contribution in [0.3, 0.4) is 0 Å². The number of unbranched alkanes of at least 4 members (excludes halogenated alkanes) is 1. The van der Waals surface area contributed by atoms with Gasteiger partial charge in [0.2, 0.25) is 0 Å². The Kier molecular flexibility index (Phi) is 4.55. The van der Waals surface area contributed by atoms with Crippen LogP contribution in [0.5, 0.6) is 0 Å². The molecule has 2 heterocycles. The van der Waals surface area contributed by atoms with Crippen molar-refractivity contribution in [3.05, 3.63) is 35.4 Å². The summed E-state index contributed by atoms with van der Waals surface area (Å²) in [6.07, 6.45) is 4.25. The Hall–Kier alpha value is -1.72. The lowest BCUT2D eigenvalue weighted by atomic mass is 10.1. The van der Waals surface area contributed by atoms with Gasteiger partial charge in [-0.05, 0) is 50.9 Å². The van der Waals surface area contributed by atoms with E-state index in [9.17, 15) is 9.59 Å². The number of carbonyl (C=O) groups is 2. The van der Waals surface area contributed by atoms with E-state index in [0.29, 0.717) is 23.7 Å². The van der Waals surface area contributed by atoms with E-state index in [0.717, 1.165) is 32.5 Å². The van der Waals surface area contributed by atoms with Gasteiger partial charge in [-0.3, -0.25) is 19.4 Å². The highest BCUT2D eigenvalue weighted by Crippen LogP contribution is 2.23. The Bertz CT molecular complexity index is 538. The van der Waals surface area contributed by atoms with Crippen molar-refractivity contribution in [1.29, 1.82) is 0 Å². The minimum absolute atomic E-state index is 0.151. The summed E-state index contributed by atoms with van der Waals surface area (Å²) in [4.78, 5) is 28.3. The SMILES string of the molecule is NCC1CCCN1CCCCN1C(=O)c2ccccc2C1=O. The van der Waals surface area contributed by atoms with Crippen molar-refractivity contribution in [1.82, 2.24) is 9.80 Å². The number of hydrogen-bond donors (Lipinski definition) is 1. The highest BCUT2D eigenvalue weighted by molar-refractivity contribution is 6.21. The average molecular weight is 301 g/mol. The van der Waals surface area contributed by atoms with E-state index in [1.54, 1.807) is 24.3 Å². The average Bonchev–Trinajstić information content (AvgIpc) is 3.09. The summed E-state index contributed by atoms with van der Waals surface area (Å²) in [7, 11) is 0. The topological polar surface area (TPSA) is 66.6 Å². The minimum atomic E-state index is -0.151. The molecule has 1 atom stereocenters. The van der Waals surface area contributed by atoms with Gasteiger partial charge in [0.25, 0.3) is 11.8 Å². The van der Waals surface area contributed by atoms with Crippen LogP contribution in [0.25, 0.3) is 0 Å². The molecule has 2 N–H and O–H groups in total. The Labute approximate surface area is 131 Å². The molecule has 1 saturated heterocycles. The number of amides is 2. The molecule has 2 amide bonds. The number of benzene rings is 1. The second-order valence-corrected chi connectivity index (χ2v) is 6.08. The Balaban J connectivity index is 1.49. The molecule has 2 aliphatic heterocycles. The minimum Gasteiger partial charge on any atom is -0.329 e. The molecular weight excluding hydrogens is 278 g/mol. The predicted octanol–water partition coefficient (Wildman–Crippen LogP) is 1.49. The van der Waals surface area contributed by atoms with E-state index >= 15 is 0 Å². The zero-order valence-electron chi connectivity index (χ0n) is 12.8. The maximum absolute atomic E-state index is 12.2. The number of nitrogens with two attached hydrogens (primary N) is 1. The summed E-state index contributed by atoms with van der Waals surface area (Å²) in [5.74, 6) is -0.303. The Morgan fingerprint density at radius 1 is 1.05 bits per heavy atom. The Morgan fingerprint density at radius 3 is 2.32 bits per heavy atom. The fraction of sp³-hybridized carbons (Fsp3) is 0.529. The van der Waals surface area contributed by atoms with Crippen LogP contribution in [0.1, 0.15) is 46.4 Å². The number of hydrogen-bond acceptors (Lipinski definition) is 4. The first-order chi connectivity index (χ1) is 10.7. The molecule has 0 aromatic heterocycles. The first-order valence-electron chi connectivity index (χ1n) is 8.11. The number of imide groups is 1. The van der Waals surface area contributed by atoms with Gasteiger partial charge in [0.05, 0.1) is 11.1 Å². The molecule has 0 aliphatic carbocycles. The maximum atomic E-state index is 12.2. The molecule has 1 aromatic carbocycles. The monoisotopic (exact) mass is 301 g/mol. The Morgan fingerprint density at radius 2 is 1.68 bits per heavy atom. The summed E-state index contributed by atoms with van der Waals surface area (Å²) in [5.41, 5.74) is 6.85. The highest BCUT2D eigenvalue weighted by Gasteiger charge is 2.34. The molecule has 3 rings (SSSR count). The van der Waals surface area contributed by atoms with Gasteiger partial charge < -0.3 is 5.73 Å². The first kappa shape index (κ1) is 15.2. The molecular formula is C17H23N3O2. The number of likely N-dealkylation sites (tertiary alicyclic amines) is 1. The van der Waals surface area contributed by atoms with Crippen LogP contribution in [-0.4, -0.2) is 53.8 Å². The smallest absolute Gasteiger partial charge is 0.261 e. The van der Waals surface area contributed by atoms with Gasteiger partial charge in [0.1, 0.15) is 0 Å². The predicted molar refractivity (Wildman–Crippen MR) is 84.7 cm³/mol. The van der Waals surface area contributed by atoms with Crippen molar-refractivity contribution < 1.29 is 9.59 Å². The molecule has 22 heavy (non-hydrogen) atoms. The number of fused-ring (bicyclic) bond motifs is 1. The van der Waals surface area contributed by atoms with Gasteiger partial charge in [-0.1, -0.05) is 12.1 Å².